The van der Waals surface area contributed by atoms with Crippen molar-refractivity contribution in [3.8, 4) is 0 Å². The zero-order chi connectivity index (χ0) is 19.8. The summed E-state index contributed by atoms with van der Waals surface area (Å²) in [6.45, 7) is 0.543. The molecule has 0 radical (unpaired) electrons. The Morgan fingerprint density at radius 1 is 1.07 bits per heavy atom. The van der Waals surface area contributed by atoms with E-state index in [-0.39, 0.29) is 5.91 Å². The Morgan fingerprint density at radius 2 is 1.82 bits per heavy atom. The summed E-state index contributed by atoms with van der Waals surface area (Å²) in [6, 6.07) is 15.1. The lowest BCUT2D eigenvalue weighted by Crippen LogP contribution is -2.20. The maximum Gasteiger partial charge on any atom is 0.275 e. The Bertz CT molecular complexity index is 939. The summed E-state index contributed by atoms with van der Waals surface area (Å²) in [5, 5.41) is 7.23. The molecule has 28 heavy (non-hydrogen) atoms. The van der Waals surface area contributed by atoms with Gasteiger partial charge < -0.3 is 10.2 Å². The van der Waals surface area contributed by atoms with Crippen LogP contribution in [0.1, 0.15) is 21.5 Å². The lowest BCUT2D eigenvalue weighted by atomic mass is 10.2. The number of aromatic nitrogens is 2. The number of carbonyl (C=O) groups excluding carboxylic acids is 1. The molecule has 0 bridgehead atoms. The number of nitrogens with one attached hydrogen (secondary N) is 2. The molecule has 0 spiro atoms. The number of amides is 1. The zero-order valence-corrected chi connectivity index (χ0v) is 15.8. The van der Waals surface area contributed by atoms with Crippen molar-refractivity contribution in [2.24, 2.45) is 5.10 Å². The first-order valence-electron chi connectivity index (χ1n) is 8.82. The Kier molecular flexibility index (Phi) is 6.30. The highest BCUT2D eigenvalue weighted by atomic mass is 16.2. The molecule has 0 atom stereocenters. The Labute approximate surface area is 164 Å². The number of hydrazone groups is 1. The molecule has 2 aromatic heterocycles. The van der Waals surface area contributed by atoms with Gasteiger partial charge in [-0.15, -0.1) is 0 Å². The summed E-state index contributed by atoms with van der Waals surface area (Å²) in [5.74, 6) is 0.175. The largest absolute Gasteiger partial charge is 0.378 e. The fourth-order valence-electron chi connectivity index (χ4n) is 2.50. The van der Waals surface area contributed by atoms with E-state index in [0.717, 1.165) is 16.8 Å². The summed E-state index contributed by atoms with van der Waals surface area (Å²) < 4.78 is 0. The molecule has 0 saturated carbocycles. The summed E-state index contributed by atoms with van der Waals surface area (Å²) in [6.07, 6.45) is 6.70. The molecule has 1 aromatic carbocycles. The second-order valence-corrected chi connectivity index (χ2v) is 6.29. The molecule has 2 N–H and O–H groups in total. The average Bonchev–Trinajstić information content (AvgIpc) is 2.73. The van der Waals surface area contributed by atoms with Gasteiger partial charge in [0.2, 0.25) is 0 Å². The fourth-order valence-corrected chi connectivity index (χ4v) is 2.50. The minimum Gasteiger partial charge on any atom is -0.378 e. The van der Waals surface area contributed by atoms with Gasteiger partial charge in [-0.25, -0.2) is 10.4 Å². The van der Waals surface area contributed by atoms with Crippen molar-refractivity contribution in [2.45, 2.75) is 6.54 Å². The van der Waals surface area contributed by atoms with Crippen molar-refractivity contribution in [1.82, 2.24) is 15.4 Å². The second kappa shape index (κ2) is 9.27. The van der Waals surface area contributed by atoms with Crippen molar-refractivity contribution < 1.29 is 4.79 Å². The predicted molar refractivity (Wildman–Crippen MR) is 112 cm³/mol. The molecule has 7 heteroatoms. The number of nitrogens with zero attached hydrogens (tertiary/aromatic N) is 4. The smallest absolute Gasteiger partial charge is 0.275 e. The van der Waals surface area contributed by atoms with Gasteiger partial charge in [0.15, 0.2) is 0 Å². The maximum atomic E-state index is 12.5. The first-order chi connectivity index (χ1) is 13.6. The van der Waals surface area contributed by atoms with Crippen LogP contribution in [0.2, 0.25) is 0 Å². The summed E-state index contributed by atoms with van der Waals surface area (Å²) >= 11 is 0. The third-order valence-electron chi connectivity index (χ3n) is 4.05. The Morgan fingerprint density at radius 3 is 2.54 bits per heavy atom. The van der Waals surface area contributed by atoms with Crippen LogP contribution in [0.3, 0.4) is 0 Å². The van der Waals surface area contributed by atoms with Crippen LogP contribution in [0.25, 0.3) is 0 Å². The van der Waals surface area contributed by atoms with Crippen LogP contribution in [-0.2, 0) is 6.54 Å². The van der Waals surface area contributed by atoms with E-state index in [1.54, 1.807) is 36.9 Å². The summed E-state index contributed by atoms with van der Waals surface area (Å²) in [5.41, 5.74) is 6.02. The van der Waals surface area contributed by atoms with Gasteiger partial charge in [0.05, 0.1) is 11.8 Å². The lowest BCUT2D eigenvalue weighted by molar-refractivity contribution is 0.0955. The SMILES string of the molecule is CN(C)c1ccc(/C=N/NC(=O)c2cccnc2NCc2ccncc2)cc1. The molecule has 142 valence electrons. The van der Waals surface area contributed by atoms with Crippen molar-refractivity contribution in [3.63, 3.8) is 0 Å². The Balaban J connectivity index is 1.62. The van der Waals surface area contributed by atoms with E-state index >= 15 is 0 Å². The molecule has 0 aliphatic heterocycles. The van der Waals surface area contributed by atoms with Crippen molar-refractivity contribution >= 4 is 23.6 Å². The average molecular weight is 374 g/mol. The third-order valence-corrected chi connectivity index (χ3v) is 4.05. The highest BCUT2D eigenvalue weighted by molar-refractivity contribution is 5.99. The number of anilines is 2. The number of pyridine rings is 2. The van der Waals surface area contributed by atoms with E-state index in [9.17, 15) is 4.79 Å². The number of rotatable bonds is 7. The molecule has 0 aliphatic carbocycles. The monoisotopic (exact) mass is 374 g/mol. The number of hydrogen-bond donors (Lipinski definition) is 2. The molecule has 2 heterocycles. The molecule has 1 amide bonds. The summed E-state index contributed by atoms with van der Waals surface area (Å²) in [7, 11) is 3.97. The van der Waals surface area contributed by atoms with Gasteiger partial charge in [0.1, 0.15) is 5.82 Å². The van der Waals surface area contributed by atoms with Gasteiger partial charge in [-0.2, -0.15) is 5.10 Å². The summed E-state index contributed by atoms with van der Waals surface area (Å²) in [4.78, 5) is 22.8. The van der Waals surface area contributed by atoms with Crippen LogP contribution in [0.15, 0.2) is 72.2 Å². The number of carbonyl (C=O) groups is 1. The molecular formula is C21H22N6O. The van der Waals surface area contributed by atoms with Crippen LogP contribution in [0.5, 0.6) is 0 Å². The molecule has 0 aliphatic rings. The zero-order valence-electron chi connectivity index (χ0n) is 15.8. The van der Waals surface area contributed by atoms with Crippen LogP contribution >= 0.6 is 0 Å². The highest BCUT2D eigenvalue weighted by Crippen LogP contribution is 2.13. The van der Waals surface area contributed by atoms with Gasteiger partial charge in [-0.1, -0.05) is 12.1 Å². The predicted octanol–water partition coefficient (Wildman–Crippen LogP) is 2.92. The quantitative estimate of drug-likeness (QED) is 0.491. The first kappa shape index (κ1) is 19.0. The molecule has 0 fully saturated rings. The van der Waals surface area contributed by atoms with Crippen LogP contribution in [-0.4, -0.2) is 36.2 Å². The fraction of sp³-hybridized carbons (Fsp3) is 0.143. The van der Waals surface area contributed by atoms with Gasteiger partial charge in [-0.3, -0.25) is 9.78 Å². The normalized spacial score (nSPS) is 10.6. The standard InChI is InChI=1S/C21H22N6O/c1-27(2)18-7-5-16(6-8-18)15-25-26-21(28)19-4-3-11-23-20(19)24-14-17-9-12-22-13-10-17/h3-13,15H,14H2,1-2H3,(H,23,24)(H,26,28)/b25-15+. The maximum absolute atomic E-state index is 12.5. The van der Waals surface area contributed by atoms with E-state index in [1.807, 2.05) is 55.4 Å². The van der Waals surface area contributed by atoms with Gasteiger partial charge in [-0.05, 0) is 47.5 Å². The van der Waals surface area contributed by atoms with E-state index in [1.165, 1.54) is 0 Å². The van der Waals surface area contributed by atoms with Crippen molar-refractivity contribution in [2.75, 3.05) is 24.3 Å². The molecule has 7 nitrogen and oxygen atoms in total. The van der Waals surface area contributed by atoms with Gasteiger partial charge >= 0.3 is 0 Å². The van der Waals surface area contributed by atoms with E-state index in [4.69, 9.17) is 0 Å². The van der Waals surface area contributed by atoms with Crippen LogP contribution < -0.4 is 15.6 Å². The van der Waals surface area contributed by atoms with Crippen molar-refractivity contribution in [1.29, 1.82) is 0 Å². The van der Waals surface area contributed by atoms with Crippen molar-refractivity contribution in [3.05, 3.63) is 83.8 Å². The van der Waals surface area contributed by atoms with Crippen LogP contribution in [0, 0.1) is 0 Å². The third kappa shape index (κ3) is 5.14. The van der Waals surface area contributed by atoms with E-state index in [0.29, 0.717) is 17.9 Å². The minimum absolute atomic E-state index is 0.327. The molecule has 0 saturated heterocycles. The van der Waals surface area contributed by atoms with Crippen LogP contribution in [0.4, 0.5) is 11.5 Å². The second-order valence-electron chi connectivity index (χ2n) is 6.29. The number of hydrogen-bond acceptors (Lipinski definition) is 6. The number of benzene rings is 1. The highest BCUT2D eigenvalue weighted by Gasteiger charge is 2.11. The molecule has 3 aromatic rings. The molecule has 0 unspecified atom stereocenters. The van der Waals surface area contributed by atoms with Gasteiger partial charge in [0.25, 0.3) is 5.91 Å². The Hall–Kier alpha value is -3.74. The topological polar surface area (TPSA) is 82.5 Å². The molecular weight excluding hydrogens is 352 g/mol. The minimum atomic E-state index is -0.327. The van der Waals surface area contributed by atoms with E-state index in [2.05, 4.69) is 25.8 Å². The molecule has 3 rings (SSSR count). The van der Waals surface area contributed by atoms with Gasteiger partial charge in [0, 0.05) is 44.9 Å². The van der Waals surface area contributed by atoms with E-state index < -0.39 is 0 Å². The lowest BCUT2D eigenvalue weighted by Gasteiger charge is -2.11. The first-order valence-corrected chi connectivity index (χ1v) is 8.82.